The van der Waals surface area contributed by atoms with Crippen molar-refractivity contribution < 1.29 is 22.0 Å². The van der Waals surface area contributed by atoms with Crippen LogP contribution in [-0.2, 0) is 10.0 Å². The lowest BCUT2D eigenvalue weighted by atomic mass is 10.2. The Labute approximate surface area is 175 Å². The predicted octanol–water partition coefficient (Wildman–Crippen LogP) is 5.32. The minimum atomic E-state index is -4.17. The summed E-state index contributed by atoms with van der Waals surface area (Å²) in [7, 11) is -4.17. The van der Waals surface area contributed by atoms with Crippen LogP contribution in [0.4, 0.5) is 20.2 Å². The summed E-state index contributed by atoms with van der Waals surface area (Å²) in [6.07, 6.45) is 0. The van der Waals surface area contributed by atoms with E-state index in [-0.39, 0.29) is 26.9 Å². The first kappa shape index (κ1) is 21.0. The Bertz CT molecular complexity index is 1190. The number of rotatable bonds is 5. The predicted molar refractivity (Wildman–Crippen MR) is 108 cm³/mol. The molecular formula is C19H12Cl2F2N2O3S. The molecule has 0 aliphatic heterocycles. The van der Waals surface area contributed by atoms with E-state index < -0.39 is 27.6 Å². The van der Waals surface area contributed by atoms with Gasteiger partial charge in [-0.2, -0.15) is 0 Å². The van der Waals surface area contributed by atoms with E-state index in [2.05, 4.69) is 10.0 Å². The SMILES string of the molecule is O=C(Nc1ccc(S(=O)(=O)Nc2ccc(F)c(Cl)c2)cc1F)c1ccc(Cl)cc1. The highest BCUT2D eigenvalue weighted by atomic mass is 35.5. The minimum Gasteiger partial charge on any atom is -0.319 e. The van der Waals surface area contributed by atoms with E-state index >= 15 is 0 Å². The Hall–Kier alpha value is -2.68. The molecule has 0 heterocycles. The zero-order valence-corrected chi connectivity index (χ0v) is 16.7. The third-order valence-electron chi connectivity index (χ3n) is 3.78. The Morgan fingerprint density at radius 2 is 1.55 bits per heavy atom. The number of nitrogens with one attached hydrogen (secondary N) is 2. The molecule has 0 aromatic heterocycles. The summed E-state index contributed by atoms with van der Waals surface area (Å²) in [5, 5.41) is 2.53. The van der Waals surface area contributed by atoms with Gasteiger partial charge in [0, 0.05) is 10.6 Å². The molecular weight excluding hydrogens is 445 g/mol. The molecule has 0 bridgehead atoms. The van der Waals surface area contributed by atoms with Crippen LogP contribution < -0.4 is 10.0 Å². The molecule has 0 spiro atoms. The Morgan fingerprint density at radius 3 is 2.17 bits per heavy atom. The van der Waals surface area contributed by atoms with Crippen LogP contribution in [0.5, 0.6) is 0 Å². The molecule has 0 aliphatic carbocycles. The molecule has 0 unspecified atom stereocenters. The van der Waals surface area contributed by atoms with Crippen molar-refractivity contribution in [2.45, 2.75) is 4.90 Å². The van der Waals surface area contributed by atoms with Gasteiger partial charge in [-0.3, -0.25) is 9.52 Å². The number of carbonyl (C=O) groups is 1. The van der Waals surface area contributed by atoms with E-state index in [1.165, 1.54) is 30.3 Å². The van der Waals surface area contributed by atoms with Gasteiger partial charge < -0.3 is 5.32 Å². The molecule has 150 valence electrons. The lowest BCUT2D eigenvalue weighted by Gasteiger charge is -2.11. The van der Waals surface area contributed by atoms with Crippen molar-refractivity contribution in [3.63, 3.8) is 0 Å². The highest BCUT2D eigenvalue weighted by Gasteiger charge is 2.18. The fraction of sp³-hybridized carbons (Fsp3) is 0. The molecule has 29 heavy (non-hydrogen) atoms. The van der Waals surface area contributed by atoms with Gasteiger partial charge in [0.05, 0.1) is 21.3 Å². The van der Waals surface area contributed by atoms with Crippen molar-refractivity contribution in [1.82, 2.24) is 0 Å². The van der Waals surface area contributed by atoms with Gasteiger partial charge in [0.25, 0.3) is 15.9 Å². The van der Waals surface area contributed by atoms with Crippen LogP contribution in [0.1, 0.15) is 10.4 Å². The molecule has 10 heteroatoms. The molecule has 3 rings (SSSR count). The molecule has 0 fully saturated rings. The van der Waals surface area contributed by atoms with E-state index in [9.17, 15) is 22.0 Å². The van der Waals surface area contributed by atoms with Gasteiger partial charge in [0.2, 0.25) is 0 Å². The molecule has 1 amide bonds. The van der Waals surface area contributed by atoms with Gasteiger partial charge in [-0.05, 0) is 60.7 Å². The minimum absolute atomic E-state index is 0.0110. The lowest BCUT2D eigenvalue weighted by molar-refractivity contribution is 0.102. The summed E-state index contributed by atoms with van der Waals surface area (Å²) < 4.78 is 54.6. The molecule has 0 saturated carbocycles. The zero-order chi connectivity index (χ0) is 21.2. The van der Waals surface area contributed by atoms with Crippen LogP contribution in [0.2, 0.25) is 10.0 Å². The highest BCUT2D eigenvalue weighted by molar-refractivity contribution is 7.92. The molecule has 3 aromatic rings. The summed E-state index contributed by atoms with van der Waals surface area (Å²) >= 11 is 11.4. The maximum absolute atomic E-state index is 14.4. The topological polar surface area (TPSA) is 75.3 Å². The number of benzene rings is 3. The second-order valence-electron chi connectivity index (χ2n) is 5.84. The summed E-state index contributed by atoms with van der Waals surface area (Å²) in [5.41, 5.74) is 0.0611. The Balaban J connectivity index is 1.79. The zero-order valence-electron chi connectivity index (χ0n) is 14.4. The maximum atomic E-state index is 14.4. The molecule has 2 N–H and O–H groups in total. The lowest BCUT2D eigenvalue weighted by Crippen LogP contribution is -2.15. The number of carbonyl (C=O) groups excluding carboxylic acids is 1. The van der Waals surface area contributed by atoms with Crippen molar-refractivity contribution in [3.8, 4) is 0 Å². The largest absolute Gasteiger partial charge is 0.319 e. The summed E-state index contributed by atoms with van der Waals surface area (Å²) in [6, 6.07) is 12.2. The second kappa shape index (κ2) is 8.36. The highest BCUT2D eigenvalue weighted by Crippen LogP contribution is 2.24. The normalized spacial score (nSPS) is 11.2. The van der Waals surface area contributed by atoms with Gasteiger partial charge in [0.15, 0.2) is 0 Å². The number of anilines is 2. The molecule has 0 aliphatic rings. The van der Waals surface area contributed by atoms with Gasteiger partial charge in [-0.25, -0.2) is 17.2 Å². The molecule has 3 aromatic carbocycles. The summed E-state index contributed by atoms with van der Waals surface area (Å²) in [5.74, 6) is -2.25. The third-order valence-corrected chi connectivity index (χ3v) is 5.70. The monoisotopic (exact) mass is 456 g/mol. The Morgan fingerprint density at radius 1 is 0.862 bits per heavy atom. The molecule has 0 saturated heterocycles. The van der Waals surface area contributed by atoms with Gasteiger partial charge in [-0.1, -0.05) is 23.2 Å². The third kappa shape index (κ3) is 5.03. The van der Waals surface area contributed by atoms with E-state index in [0.717, 1.165) is 30.3 Å². The van der Waals surface area contributed by atoms with Crippen molar-refractivity contribution >= 4 is 50.5 Å². The quantitative estimate of drug-likeness (QED) is 0.544. The first-order valence-corrected chi connectivity index (χ1v) is 10.2. The van der Waals surface area contributed by atoms with Crippen molar-refractivity contribution in [2.75, 3.05) is 10.0 Å². The average Bonchev–Trinajstić information content (AvgIpc) is 2.66. The van der Waals surface area contributed by atoms with Crippen LogP contribution >= 0.6 is 23.2 Å². The fourth-order valence-electron chi connectivity index (χ4n) is 2.33. The van der Waals surface area contributed by atoms with Crippen LogP contribution in [0, 0.1) is 11.6 Å². The average molecular weight is 457 g/mol. The Kier molecular flexibility index (Phi) is 6.07. The maximum Gasteiger partial charge on any atom is 0.261 e. The smallest absolute Gasteiger partial charge is 0.261 e. The van der Waals surface area contributed by atoms with Crippen molar-refractivity contribution in [3.05, 3.63) is 87.9 Å². The molecule has 0 atom stereocenters. The number of sulfonamides is 1. The van der Waals surface area contributed by atoms with Crippen LogP contribution in [0.25, 0.3) is 0 Å². The fourth-order valence-corrected chi connectivity index (χ4v) is 3.70. The molecule has 5 nitrogen and oxygen atoms in total. The van der Waals surface area contributed by atoms with E-state index in [4.69, 9.17) is 23.2 Å². The van der Waals surface area contributed by atoms with Crippen molar-refractivity contribution in [2.24, 2.45) is 0 Å². The summed E-state index contributed by atoms with van der Waals surface area (Å²) in [4.78, 5) is 11.8. The van der Waals surface area contributed by atoms with Crippen LogP contribution in [0.3, 0.4) is 0 Å². The summed E-state index contributed by atoms with van der Waals surface area (Å²) in [6.45, 7) is 0. The first-order chi connectivity index (χ1) is 13.7. The second-order valence-corrected chi connectivity index (χ2v) is 8.36. The number of halogens is 4. The molecule has 0 radical (unpaired) electrons. The van der Waals surface area contributed by atoms with E-state index in [1.54, 1.807) is 0 Å². The van der Waals surface area contributed by atoms with Crippen LogP contribution in [0.15, 0.2) is 65.6 Å². The number of hydrogen-bond donors (Lipinski definition) is 2. The first-order valence-electron chi connectivity index (χ1n) is 8.00. The van der Waals surface area contributed by atoms with Gasteiger partial charge >= 0.3 is 0 Å². The van der Waals surface area contributed by atoms with E-state index in [1.807, 2.05) is 0 Å². The van der Waals surface area contributed by atoms with Crippen LogP contribution in [-0.4, -0.2) is 14.3 Å². The number of hydrogen-bond acceptors (Lipinski definition) is 3. The standard InChI is InChI=1S/C19H12Cl2F2N2O3S/c20-12-3-1-11(2-4-12)19(26)24-18-8-6-14(10-17(18)23)29(27,28)25-13-5-7-16(22)15(21)9-13/h1-10,25H,(H,24,26). The number of amides is 1. The van der Waals surface area contributed by atoms with E-state index in [0.29, 0.717) is 5.02 Å². The van der Waals surface area contributed by atoms with Crippen molar-refractivity contribution in [1.29, 1.82) is 0 Å². The van der Waals surface area contributed by atoms with Gasteiger partial charge in [-0.15, -0.1) is 0 Å². The van der Waals surface area contributed by atoms with Gasteiger partial charge in [0.1, 0.15) is 11.6 Å².